The van der Waals surface area contributed by atoms with Crippen LogP contribution in [-0.4, -0.2) is 61.6 Å². The third-order valence-corrected chi connectivity index (χ3v) is 7.12. The summed E-state index contributed by atoms with van der Waals surface area (Å²) in [6.45, 7) is 7.43. The molecule has 10 heteroatoms. The lowest BCUT2D eigenvalue weighted by Gasteiger charge is -2.20. The van der Waals surface area contributed by atoms with Crippen molar-refractivity contribution >= 4 is 38.5 Å². The average Bonchev–Trinajstić information content (AvgIpc) is 3.16. The van der Waals surface area contributed by atoms with Crippen LogP contribution in [0.5, 0.6) is 0 Å². The highest BCUT2D eigenvalue weighted by molar-refractivity contribution is 7.89. The SMILES string of the molecule is CC(C)(C)OC(=O)NCCCNC1CCN(S(=O)(=O)c2cccc3cncc(Cl)c23)C1. The van der Waals surface area contributed by atoms with E-state index in [2.05, 4.69) is 15.6 Å². The Bertz CT molecular complexity index is 1030. The molecule has 1 unspecified atom stereocenters. The molecular formula is C21H29ClN4O4S. The molecule has 1 atom stereocenters. The van der Waals surface area contributed by atoms with E-state index in [9.17, 15) is 13.2 Å². The van der Waals surface area contributed by atoms with Gasteiger partial charge >= 0.3 is 6.09 Å². The summed E-state index contributed by atoms with van der Waals surface area (Å²) in [5.41, 5.74) is -0.522. The van der Waals surface area contributed by atoms with E-state index >= 15 is 0 Å². The second kappa shape index (κ2) is 9.68. The normalized spacial score (nSPS) is 17.7. The quantitative estimate of drug-likeness (QED) is 0.605. The molecule has 31 heavy (non-hydrogen) atoms. The summed E-state index contributed by atoms with van der Waals surface area (Å²) in [5, 5.41) is 7.61. The Morgan fingerprint density at radius 1 is 1.29 bits per heavy atom. The van der Waals surface area contributed by atoms with E-state index < -0.39 is 21.7 Å². The number of benzene rings is 1. The number of rotatable bonds is 7. The summed E-state index contributed by atoms with van der Waals surface area (Å²) >= 11 is 6.26. The summed E-state index contributed by atoms with van der Waals surface area (Å²) < 4.78 is 33.2. The minimum absolute atomic E-state index is 0.0587. The van der Waals surface area contributed by atoms with Crippen LogP contribution >= 0.6 is 11.6 Å². The molecule has 1 aliphatic heterocycles. The van der Waals surface area contributed by atoms with Gasteiger partial charge in [-0.15, -0.1) is 0 Å². The molecule has 2 aromatic rings. The van der Waals surface area contributed by atoms with Crippen molar-refractivity contribution in [2.24, 2.45) is 0 Å². The second-order valence-corrected chi connectivity index (χ2v) is 10.9. The van der Waals surface area contributed by atoms with E-state index in [-0.39, 0.29) is 10.9 Å². The zero-order chi connectivity index (χ0) is 22.6. The number of nitrogens with one attached hydrogen (secondary N) is 2. The third-order valence-electron chi connectivity index (χ3n) is 4.92. The Morgan fingerprint density at radius 3 is 2.81 bits per heavy atom. The van der Waals surface area contributed by atoms with Crippen LogP contribution in [0.2, 0.25) is 5.02 Å². The van der Waals surface area contributed by atoms with Gasteiger partial charge in [-0.25, -0.2) is 13.2 Å². The van der Waals surface area contributed by atoms with Gasteiger partial charge in [0.15, 0.2) is 0 Å². The maximum atomic E-state index is 13.3. The fourth-order valence-electron chi connectivity index (χ4n) is 3.53. The number of sulfonamides is 1. The summed E-state index contributed by atoms with van der Waals surface area (Å²) in [5.74, 6) is 0. The van der Waals surface area contributed by atoms with Crippen molar-refractivity contribution in [3.63, 3.8) is 0 Å². The summed E-state index contributed by atoms with van der Waals surface area (Å²) in [4.78, 5) is 15.9. The largest absolute Gasteiger partial charge is 0.444 e. The van der Waals surface area contributed by atoms with Crippen molar-refractivity contribution < 1.29 is 17.9 Å². The number of pyridine rings is 1. The van der Waals surface area contributed by atoms with Gasteiger partial charge in [0.1, 0.15) is 5.60 Å². The minimum atomic E-state index is -3.68. The monoisotopic (exact) mass is 468 g/mol. The summed E-state index contributed by atoms with van der Waals surface area (Å²) in [7, 11) is -3.68. The molecule has 2 N–H and O–H groups in total. The van der Waals surface area contributed by atoms with Crippen LogP contribution in [0.1, 0.15) is 33.6 Å². The van der Waals surface area contributed by atoms with Crippen molar-refractivity contribution in [3.8, 4) is 0 Å². The lowest BCUT2D eigenvalue weighted by atomic mass is 10.2. The number of alkyl carbamates (subject to hydrolysis) is 1. The third kappa shape index (κ3) is 6.06. The summed E-state index contributed by atoms with van der Waals surface area (Å²) in [6, 6.07) is 5.15. The maximum Gasteiger partial charge on any atom is 0.407 e. The lowest BCUT2D eigenvalue weighted by molar-refractivity contribution is 0.0527. The van der Waals surface area contributed by atoms with E-state index in [1.54, 1.807) is 24.4 Å². The van der Waals surface area contributed by atoms with Crippen molar-refractivity contribution in [3.05, 3.63) is 35.6 Å². The molecule has 1 saturated heterocycles. The molecule has 1 fully saturated rings. The van der Waals surface area contributed by atoms with E-state index in [0.717, 1.165) is 6.42 Å². The lowest BCUT2D eigenvalue weighted by Crippen LogP contribution is -2.37. The van der Waals surface area contributed by atoms with Gasteiger partial charge in [-0.1, -0.05) is 23.7 Å². The molecule has 1 aromatic carbocycles. The standard InChI is InChI=1S/C21H29ClN4O4S/c1-21(2,3)30-20(27)25-10-5-9-24-16-8-11-26(14-16)31(28,29)18-7-4-6-15-12-23-13-17(22)19(15)18/h4,6-7,12-13,16,24H,5,8-11,14H2,1-3H3,(H,25,27). The molecule has 0 saturated carbocycles. The van der Waals surface area contributed by atoms with Gasteiger partial charge in [-0.3, -0.25) is 4.98 Å². The van der Waals surface area contributed by atoms with Gasteiger partial charge in [-0.05, 0) is 46.2 Å². The van der Waals surface area contributed by atoms with Crippen LogP contribution in [0, 0.1) is 0 Å². The topological polar surface area (TPSA) is 101 Å². The zero-order valence-electron chi connectivity index (χ0n) is 18.0. The predicted octanol–water partition coefficient (Wildman–Crippen LogP) is 3.16. The molecule has 1 aromatic heterocycles. The molecular weight excluding hydrogens is 440 g/mol. The van der Waals surface area contributed by atoms with Gasteiger partial charge in [0.2, 0.25) is 10.0 Å². The molecule has 1 aliphatic rings. The Morgan fingerprint density at radius 2 is 2.06 bits per heavy atom. The highest BCUT2D eigenvalue weighted by atomic mass is 35.5. The number of fused-ring (bicyclic) bond motifs is 1. The molecule has 3 rings (SSSR count). The number of aromatic nitrogens is 1. The van der Waals surface area contributed by atoms with Crippen molar-refractivity contribution in [2.75, 3.05) is 26.2 Å². The van der Waals surface area contributed by atoms with E-state index in [4.69, 9.17) is 16.3 Å². The van der Waals surface area contributed by atoms with Crippen LogP contribution in [-0.2, 0) is 14.8 Å². The Balaban J connectivity index is 1.53. The highest BCUT2D eigenvalue weighted by Gasteiger charge is 2.33. The number of amides is 1. The fraction of sp³-hybridized carbons (Fsp3) is 0.524. The number of hydrogen-bond acceptors (Lipinski definition) is 6. The molecule has 2 heterocycles. The second-order valence-electron chi connectivity index (χ2n) is 8.56. The van der Waals surface area contributed by atoms with Crippen molar-refractivity contribution in [2.45, 2.75) is 50.2 Å². The predicted molar refractivity (Wildman–Crippen MR) is 121 cm³/mol. The number of hydrogen-bond donors (Lipinski definition) is 2. The van der Waals surface area contributed by atoms with Crippen molar-refractivity contribution in [1.29, 1.82) is 0 Å². The first-order valence-electron chi connectivity index (χ1n) is 10.3. The maximum absolute atomic E-state index is 13.3. The van der Waals surface area contributed by atoms with Gasteiger partial charge < -0.3 is 15.4 Å². The Kier molecular flexibility index (Phi) is 7.41. The van der Waals surface area contributed by atoms with Crippen molar-refractivity contribution in [1.82, 2.24) is 19.9 Å². The fourth-order valence-corrected chi connectivity index (χ4v) is 5.58. The molecule has 0 aliphatic carbocycles. The van der Waals surface area contributed by atoms with Gasteiger partial charge in [0.25, 0.3) is 0 Å². The van der Waals surface area contributed by atoms with E-state index in [0.29, 0.717) is 48.4 Å². The first-order valence-corrected chi connectivity index (χ1v) is 12.1. The molecule has 0 radical (unpaired) electrons. The van der Waals surface area contributed by atoms with E-state index in [1.165, 1.54) is 10.5 Å². The van der Waals surface area contributed by atoms with Crippen LogP contribution in [0.25, 0.3) is 10.8 Å². The Hall–Kier alpha value is -1.94. The molecule has 1 amide bonds. The smallest absolute Gasteiger partial charge is 0.407 e. The number of nitrogens with zero attached hydrogens (tertiary/aromatic N) is 2. The van der Waals surface area contributed by atoms with Crippen LogP contribution in [0.15, 0.2) is 35.5 Å². The first-order chi connectivity index (χ1) is 14.6. The number of halogens is 1. The molecule has 0 spiro atoms. The highest BCUT2D eigenvalue weighted by Crippen LogP contribution is 2.32. The van der Waals surface area contributed by atoms with E-state index in [1.807, 2.05) is 20.8 Å². The van der Waals surface area contributed by atoms with Gasteiger partial charge in [0, 0.05) is 48.8 Å². The molecule has 170 valence electrons. The molecule has 0 bridgehead atoms. The summed E-state index contributed by atoms with van der Waals surface area (Å²) in [6.07, 6.45) is 4.07. The molecule has 8 nitrogen and oxygen atoms in total. The van der Waals surface area contributed by atoms with Crippen LogP contribution < -0.4 is 10.6 Å². The van der Waals surface area contributed by atoms with Gasteiger partial charge in [0.05, 0.1) is 9.92 Å². The number of ether oxygens (including phenoxy) is 1. The Labute approximate surface area is 188 Å². The number of carbonyl (C=O) groups is 1. The first kappa shape index (κ1) is 23.7. The number of carbonyl (C=O) groups excluding carboxylic acids is 1. The van der Waals surface area contributed by atoms with Crippen LogP contribution in [0.4, 0.5) is 4.79 Å². The average molecular weight is 469 g/mol. The minimum Gasteiger partial charge on any atom is -0.444 e. The zero-order valence-corrected chi connectivity index (χ0v) is 19.6. The van der Waals surface area contributed by atoms with Gasteiger partial charge in [-0.2, -0.15) is 4.31 Å². The van der Waals surface area contributed by atoms with Crippen LogP contribution in [0.3, 0.4) is 0 Å².